The lowest BCUT2D eigenvalue weighted by Crippen LogP contribution is -2.27. The maximum Gasteiger partial charge on any atom is 0.0636 e. The van der Waals surface area contributed by atoms with Crippen molar-refractivity contribution < 1.29 is 5.11 Å². The predicted molar refractivity (Wildman–Crippen MR) is 84.0 cm³/mol. The van der Waals surface area contributed by atoms with E-state index in [1.807, 2.05) is 48.5 Å². The third-order valence-corrected chi connectivity index (χ3v) is 3.43. The van der Waals surface area contributed by atoms with Gasteiger partial charge >= 0.3 is 0 Å². The molecule has 0 aliphatic rings. The molecule has 4 N–H and O–H groups in total. The Morgan fingerprint density at radius 1 is 1.15 bits per heavy atom. The van der Waals surface area contributed by atoms with E-state index in [0.29, 0.717) is 11.6 Å². The van der Waals surface area contributed by atoms with E-state index in [9.17, 15) is 5.11 Å². The molecular weight excluding hydrogens is 272 g/mol. The molecular formula is C16H19ClN2O. The third-order valence-electron chi connectivity index (χ3n) is 3.20. The fourth-order valence-electron chi connectivity index (χ4n) is 2.14. The summed E-state index contributed by atoms with van der Waals surface area (Å²) in [5.74, 6) is 0. The van der Waals surface area contributed by atoms with E-state index >= 15 is 0 Å². The van der Waals surface area contributed by atoms with E-state index in [1.54, 1.807) is 0 Å². The summed E-state index contributed by atoms with van der Waals surface area (Å²) in [7, 11) is 0. The van der Waals surface area contributed by atoms with E-state index in [0.717, 1.165) is 17.7 Å². The van der Waals surface area contributed by atoms with Crippen LogP contribution in [0, 0.1) is 0 Å². The molecule has 2 aromatic carbocycles. The predicted octanol–water partition coefficient (Wildman–Crippen LogP) is 2.81. The zero-order valence-corrected chi connectivity index (χ0v) is 12.0. The fourth-order valence-corrected chi connectivity index (χ4v) is 2.31. The number of nitrogens with two attached hydrogens (primary N) is 1. The van der Waals surface area contributed by atoms with E-state index in [-0.39, 0.29) is 12.6 Å². The van der Waals surface area contributed by atoms with Crippen LogP contribution in [0.5, 0.6) is 0 Å². The quantitative estimate of drug-likeness (QED) is 0.767. The van der Waals surface area contributed by atoms with Crippen LogP contribution in [-0.2, 0) is 13.0 Å². The smallest absolute Gasteiger partial charge is 0.0636 e. The molecule has 0 bridgehead atoms. The highest BCUT2D eigenvalue weighted by molar-refractivity contribution is 6.30. The first-order valence-corrected chi connectivity index (χ1v) is 7.00. The summed E-state index contributed by atoms with van der Waals surface area (Å²) in [6, 6.07) is 15.6. The van der Waals surface area contributed by atoms with Crippen molar-refractivity contribution in [3.05, 3.63) is 64.7 Å². The maximum absolute atomic E-state index is 9.55. The van der Waals surface area contributed by atoms with Gasteiger partial charge in [0.2, 0.25) is 0 Å². The highest BCUT2D eigenvalue weighted by Gasteiger charge is 2.11. The van der Waals surface area contributed by atoms with Crippen LogP contribution in [0.15, 0.2) is 48.5 Å². The number of halogens is 1. The van der Waals surface area contributed by atoms with Crippen molar-refractivity contribution in [2.45, 2.75) is 19.0 Å². The molecule has 0 aromatic heterocycles. The average molecular weight is 291 g/mol. The van der Waals surface area contributed by atoms with Crippen molar-refractivity contribution in [1.29, 1.82) is 0 Å². The van der Waals surface area contributed by atoms with Crippen LogP contribution < -0.4 is 11.1 Å². The summed E-state index contributed by atoms with van der Waals surface area (Å²) in [6.07, 6.45) is 0.744. The number of aliphatic hydroxyl groups is 1. The van der Waals surface area contributed by atoms with Gasteiger partial charge in [0.05, 0.1) is 12.6 Å². The number of aliphatic hydroxyl groups excluding tert-OH is 1. The minimum absolute atomic E-state index is 0.0470. The molecule has 20 heavy (non-hydrogen) atoms. The summed E-state index contributed by atoms with van der Waals surface area (Å²) < 4.78 is 0. The van der Waals surface area contributed by atoms with Crippen molar-refractivity contribution in [2.75, 3.05) is 11.9 Å². The lowest BCUT2D eigenvalue weighted by molar-refractivity contribution is 0.273. The summed E-state index contributed by atoms with van der Waals surface area (Å²) >= 11 is 6.02. The second-order valence-corrected chi connectivity index (χ2v) is 5.16. The largest absolute Gasteiger partial charge is 0.394 e. The molecule has 0 radical (unpaired) electrons. The van der Waals surface area contributed by atoms with E-state index in [4.69, 9.17) is 17.3 Å². The van der Waals surface area contributed by atoms with Crippen molar-refractivity contribution in [3.8, 4) is 0 Å². The summed E-state index contributed by atoms with van der Waals surface area (Å²) in [6.45, 7) is 0.481. The molecule has 2 aromatic rings. The van der Waals surface area contributed by atoms with Crippen molar-refractivity contribution >= 4 is 17.3 Å². The number of benzene rings is 2. The SMILES string of the molecule is NCc1ccc(Cl)cc1NC(CO)Cc1ccccc1. The highest BCUT2D eigenvalue weighted by atomic mass is 35.5. The van der Waals surface area contributed by atoms with Crippen LogP contribution in [0.1, 0.15) is 11.1 Å². The van der Waals surface area contributed by atoms with Gasteiger partial charge in [0.1, 0.15) is 0 Å². The van der Waals surface area contributed by atoms with Crippen molar-refractivity contribution in [3.63, 3.8) is 0 Å². The molecule has 0 fully saturated rings. The Hall–Kier alpha value is -1.55. The Balaban J connectivity index is 2.12. The first-order valence-electron chi connectivity index (χ1n) is 6.62. The molecule has 4 heteroatoms. The van der Waals surface area contributed by atoms with Gasteiger partial charge in [0.25, 0.3) is 0 Å². The Kier molecular flexibility index (Phi) is 5.41. The van der Waals surface area contributed by atoms with Crippen molar-refractivity contribution in [1.82, 2.24) is 0 Å². The number of anilines is 1. The van der Waals surface area contributed by atoms with Crippen LogP contribution in [0.3, 0.4) is 0 Å². The van der Waals surface area contributed by atoms with Gasteiger partial charge in [-0.15, -0.1) is 0 Å². The van der Waals surface area contributed by atoms with Crippen LogP contribution >= 0.6 is 11.6 Å². The van der Waals surface area contributed by atoms with E-state index in [1.165, 1.54) is 5.56 Å². The lowest BCUT2D eigenvalue weighted by Gasteiger charge is -2.20. The van der Waals surface area contributed by atoms with E-state index in [2.05, 4.69) is 5.32 Å². The van der Waals surface area contributed by atoms with Gasteiger partial charge in [-0.05, 0) is 29.7 Å². The molecule has 0 saturated carbocycles. The number of hydrogen-bond donors (Lipinski definition) is 3. The molecule has 0 aliphatic carbocycles. The highest BCUT2D eigenvalue weighted by Crippen LogP contribution is 2.22. The fraction of sp³-hybridized carbons (Fsp3) is 0.250. The Morgan fingerprint density at radius 2 is 1.90 bits per heavy atom. The van der Waals surface area contributed by atoms with Gasteiger partial charge in [0, 0.05) is 17.3 Å². The monoisotopic (exact) mass is 290 g/mol. The Labute approximate surface area is 124 Å². The number of hydrogen-bond acceptors (Lipinski definition) is 3. The lowest BCUT2D eigenvalue weighted by atomic mass is 10.1. The first kappa shape index (κ1) is 14.9. The third kappa shape index (κ3) is 3.97. The van der Waals surface area contributed by atoms with Gasteiger partial charge in [-0.3, -0.25) is 0 Å². The minimum atomic E-state index is -0.0684. The van der Waals surface area contributed by atoms with E-state index < -0.39 is 0 Å². The summed E-state index contributed by atoms with van der Waals surface area (Å²) in [5.41, 5.74) is 8.77. The van der Waals surface area contributed by atoms with Crippen LogP contribution in [0.4, 0.5) is 5.69 Å². The second-order valence-electron chi connectivity index (χ2n) is 4.72. The summed E-state index contributed by atoms with van der Waals surface area (Å²) in [4.78, 5) is 0. The number of rotatable bonds is 6. The van der Waals surface area contributed by atoms with Gasteiger partial charge in [-0.25, -0.2) is 0 Å². The molecule has 0 heterocycles. The summed E-state index contributed by atoms with van der Waals surface area (Å²) in [5, 5.41) is 13.5. The Morgan fingerprint density at radius 3 is 2.55 bits per heavy atom. The molecule has 0 saturated heterocycles. The molecule has 0 amide bonds. The zero-order chi connectivity index (χ0) is 14.4. The molecule has 1 unspecified atom stereocenters. The first-order chi connectivity index (χ1) is 9.72. The number of nitrogens with one attached hydrogen (secondary N) is 1. The van der Waals surface area contributed by atoms with Gasteiger partial charge in [-0.1, -0.05) is 48.0 Å². The molecule has 1 atom stereocenters. The van der Waals surface area contributed by atoms with Crippen LogP contribution in [-0.4, -0.2) is 17.8 Å². The van der Waals surface area contributed by atoms with Gasteiger partial charge < -0.3 is 16.2 Å². The molecule has 3 nitrogen and oxygen atoms in total. The second kappa shape index (κ2) is 7.29. The zero-order valence-electron chi connectivity index (χ0n) is 11.2. The molecule has 2 rings (SSSR count). The van der Waals surface area contributed by atoms with Crippen LogP contribution in [0.25, 0.3) is 0 Å². The van der Waals surface area contributed by atoms with Crippen molar-refractivity contribution in [2.24, 2.45) is 5.73 Å². The molecule has 0 spiro atoms. The minimum Gasteiger partial charge on any atom is -0.394 e. The topological polar surface area (TPSA) is 58.3 Å². The normalized spacial score (nSPS) is 12.2. The van der Waals surface area contributed by atoms with Gasteiger partial charge in [-0.2, -0.15) is 0 Å². The Bertz CT molecular complexity index is 545. The maximum atomic E-state index is 9.55. The molecule has 106 valence electrons. The standard InChI is InChI=1S/C16H19ClN2O/c17-14-7-6-13(10-18)16(9-14)19-15(11-20)8-12-4-2-1-3-5-12/h1-7,9,15,19-20H,8,10-11,18H2. The van der Waals surface area contributed by atoms with Gasteiger partial charge in [0.15, 0.2) is 0 Å². The molecule has 0 aliphatic heterocycles. The average Bonchev–Trinajstić information content (AvgIpc) is 2.48. The van der Waals surface area contributed by atoms with Crippen LogP contribution in [0.2, 0.25) is 5.02 Å².